The van der Waals surface area contributed by atoms with Gasteiger partial charge in [0.25, 0.3) is 0 Å². The molecule has 0 saturated carbocycles. The third-order valence-corrected chi connectivity index (χ3v) is 5.19. The van der Waals surface area contributed by atoms with Gasteiger partial charge in [-0.15, -0.1) is 0 Å². The molecule has 0 amide bonds. The molecule has 0 radical (unpaired) electrons. The summed E-state index contributed by atoms with van der Waals surface area (Å²) >= 11 is 0. The normalized spacial score (nSPS) is 12.3. The highest BCUT2D eigenvalue weighted by Gasteiger charge is 2.18. The molecule has 118 valence electrons. The summed E-state index contributed by atoms with van der Waals surface area (Å²) < 4.78 is 8.72. The van der Waals surface area contributed by atoms with Gasteiger partial charge in [0.05, 0.1) is 10.9 Å². The van der Waals surface area contributed by atoms with Crippen molar-refractivity contribution < 1.29 is 4.42 Å². The SMILES string of the molecule is CC(C)c1cccc2c1oc1c2ccc2c1c1ccccc1n2C. The third-order valence-electron chi connectivity index (χ3n) is 5.19. The van der Waals surface area contributed by atoms with Crippen molar-refractivity contribution in [3.63, 3.8) is 0 Å². The standard InChI is InChI=1S/C22H19NO/c1-13(2)14-8-6-9-15-16-11-12-19-20(22(16)24-21(14)15)17-7-4-5-10-18(17)23(19)3/h4-13H,1-3H3. The smallest absolute Gasteiger partial charge is 0.145 e. The van der Waals surface area contributed by atoms with E-state index in [0.717, 1.165) is 11.2 Å². The van der Waals surface area contributed by atoms with Gasteiger partial charge in [0, 0.05) is 28.7 Å². The lowest BCUT2D eigenvalue weighted by Crippen LogP contribution is -1.86. The van der Waals surface area contributed by atoms with Gasteiger partial charge in [0.1, 0.15) is 11.2 Å². The highest BCUT2D eigenvalue weighted by molar-refractivity contribution is 6.23. The minimum Gasteiger partial charge on any atom is -0.455 e. The fraction of sp³-hybridized carbons (Fsp3) is 0.182. The summed E-state index contributed by atoms with van der Waals surface area (Å²) in [4.78, 5) is 0. The van der Waals surface area contributed by atoms with Gasteiger partial charge in [-0.3, -0.25) is 0 Å². The molecule has 0 aliphatic heterocycles. The van der Waals surface area contributed by atoms with Gasteiger partial charge >= 0.3 is 0 Å². The second-order valence-electron chi connectivity index (χ2n) is 6.89. The van der Waals surface area contributed by atoms with E-state index < -0.39 is 0 Å². The van der Waals surface area contributed by atoms with Crippen molar-refractivity contribution in [3.05, 3.63) is 60.2 Å². The minimum absolute atomic E-state index is 0.442. The Labute approximate surface area is 140 Å². The van der Waals surface area contributed by atoms with Gasteiger partial charge in [-0.25, -0.2) is 0 Å². The molecule has 2 heteroatoms. The lowest BCUT2D eigenvalue weighted by Gasteiger charge is -2.04. The number of furan rings is 1. The molecule has 3 aromatic carbocycles. The van der Waals surface area contributed by atoms with Gasteiger partial charge in [0.2, 0.25) is 0 Å². The van der Waals surface area contributed by atoms with Crippen molar-refractivity contribution in [2.24, 2.45) is 7.05 Å². The zero-order chi connectivity index (χ0) is 16.4. The average molecular weight is 313 g/mol. The Hall–Kier alpha value is -2.74. The molecule has 0 unspecified atom stereocenters. The molecule has 5 rings (SSSR count). The minimum atomic E-state index is 0.442. The van der Waals surface area contributed by atoms with Crippen molar-refractivity contribution in [1.82, 2.24) is 4.57 Å². The van der Waals surface area contributed by atoms with E-state index in [0.29, 0.717) is 5.92 Å². The van der Waals surface area contributed by atoms with E-state index in [-0.39, 0.29) is 0 Å². The Kier molecular flexibility index (Phi) is 2.64. The highest BCUT2D eigenvalue weighted by Crippen LogP contribution is 2.40. The summed E-state index contributed by atoms with van der Waals surface area (Å²) in [7, 11) is 2.12. The zero-order valence-corrected chi connectivity index (χ0v) is 14.1. The Morgan fingerprint density at radius 2 is 1.50 bits per heavy atom. The van der Waals surface area contributed by atoms with Crippen LogP contribution in [0.2, 0.25) is 0 Å². The van der Waals surface area contributed by atoms with Gasteiger partial charge < -0.3 is 8.98 Å². The number of aryl methyl sites for hydroxylation is 1. The zero-order valence-electron chi connectivity index (χ0n) is 14.1. The first-order valence-corrected chi connectivity index (χ1v) is 8.48. The van der Waals surface area contributed by atoms with Crippen LogP contribution in [0.1, 0.15) is 25.3 Å². The van der Waals surface area contributed by atoms with Crippen molar-refractivity contribution in [2.75, 3.05) is 0 Å². The molecule has 0 aliphatic carbocycles. The van der Waals surface area contributed by atoms with Gasteiger partial charge in [0.15, 0.2) is 0 Å². The van der Waals surface area contributed by atoms with Crippen molar-refractivity contribution in [1.29, 1.82) is 0 Å². The van der Waals surface area contributed by atoms with Crippen LogP contribution in [-0.2, 0) is 7.05 Å². The molecule has 2 aromatic heterocycles. The van der Waals surface area contributed by atoms with E-state index in [9.17, 15) is 0 Å². The maximum absolute atomic E-state index is 6.47. The second kappa shape index (κ2) is 4.64. The van der Waals surface area contributed by atoms with Crippen LogP contribution in [0, 0.1) is 0 Å². The van der Waals surface area contributed by atoms with Crippen molar-refractivity contribution in [2.45, 2.75) is 19.8 Å². The third kappa shape index (κ3) is 1.60. The van der Waals surface area contributed by atoms with E-state index in [1.165, 1.54) is 38.1 Å². The first-order chi connectivity index (χ1) is 11.7. The second-order valence-corrected chi connectivity index (χ2v) is 6.89. The van der Waals surface area contributed by atoms with Crippen molar-refractivity contribution >= 4 is 43.7 Å². The lowest BCUT2D eigenvalue weighted by atomic mass is 10.00. The molecular formula is C22H19NO. The molecule has 2 nitrogen and oxygen atoms in total. The molecule has 2 heterocycles. The van der Waals surface area contributed by atoms with E-state index in [1.54, 1.807) is 0 Å². The fourth-order valence-corrected chi connectivity index (χ4v) is 3.98. The maximum atomic E-state index is 6.47. The molecule has 0 fully saturated rings. The Bertz CT molecular complexity index is 1240. The van der Waals surface area contributed by atoms with Crippen LogP contribution in [0.15, 0.2) is 59.0 Å². The summed E-state index contributed by atoms with van der Waals surface area (Å²) in [6, 6.07) is 19.5. The van der Waals surface area contributed by atoms with Gasteiger partial charge in [-0.05, 0) is 29.7 Å². The largest absolute Gasteiger partial charge is 0.455 e. The molecule has 0 aliphatic rings. The summed E-state index contributed by atoms with van der Waals surface area (Å²) in [6.07, 6.45) is 0. The average Bonchev–Trinajstić information content (AvgIpc) is 3.11. The predicted molar refractivity (Wildman–Crippen MR) is 102 cm³/mol. The highest BCUT2D eigenvalue weighted by atomic mass is 16.3. The van der Waals surface area contributed by atoms with E-state index in [1.807, 2.05) is 0 Å². The van der Waals surface area contributed by atoms with Crippen molar-refractivity contribution in [3.8, 4) is 0 Å². The molecule has 24 heavy (non-hydrogen) atoms. The quantitative estimate of drug-likeness (QED) is 0.352. The van der Waals surface area contributed by atoms with E-state index >= 15 is 0 Å². The van der Waals surface area contributed by atoms with Gasteiger partial charge in [-0.1, -0.05) is 50.2 Å². The van der Waals surface area contributed by atoms with Crippen LogP contribution < -0.4 is 0 Å². The maximum Gasteiger partial charge on any atom is 0.145 e. The molecule has 0 spiro atoms. The molecule has 0 bridgehead atoms. The molecular weight excluding hydrogens is 294 g/mol. The Morgan fingerprint density at radius 1 is 0.750 bits per heavy atom. The number of fused-ring (bicyclic) bond motifs is 7. The molecule has 0 saturated heterocycles. The number of rotatable bonds is 1. The topological polar surface area (TPSA) is 18.1 Å². The summed E-state index contributed by atoms with van der Waals surface area (Å²) in [5.41, 5.74) is 5.77. The van der Waals surface area contributed by atoms with Crippen LogP contribution in [0.4, 0.5) is 0 Å². The van der Waals surface area contributed by atoms with Crippen LogP contribution in [-0.4, -0.2) is 4.57 Å². The Balaban J connectivity index is 2.07. The van der Waals surface area contributed by atoms with E-state index in [4.69, 9.17) is 4.42 Å². The van der Waals surface area contributed by atoms with Crippen LogP contribution in [0.5, 0.6) is 0 Å². The predicted octanol–water partition coefficient (Wildman–Crippen LogP) is 6.35. The summed E-state index contributed by atoms with van der Waals surface area (Å²) in [5.74, 6) is 0.442. The summed E-state index contributed by atoms with van der Waals surface area (Å²) in [5, 5.41) is 4.89. The van der Waals surface area contributed by atoms with Crippen LogP contribution in [0.3, 0.4) is 0 Å². The number of hydrogen-bond acceptors (Lipinski definition) is 1. The Morgan fingerprint density at radius 3 is 2.33 bits per heavy atom. The lowest BCUT2D eigenvalue weighted by molar-refractivity contribution is 0.660. The summed E-state index contributed by atoms with van der Waals surface area (Å²) in [6.45, 7) is 4.44. The molecule has 5 aromatic rings. The van der Waals surface area contributed by atoms with E-state index in [2.05, 4.69) is 80.1 Å². The van der Waals surface area contributed by atoms with Crippen LogP contribution in [0.25, 0.3) is 43.7 Å². The number of para-hydroxylation sites is 2. The monoisotopic (exact) mass is 313 g/mol. The fourth-order valence-electron chi connectivity index (χ4n) is 3.98. The first kappa shape index (κ1) is 13.7. The van der Waals surface area contributed by atoms with Crippen LogP contribution >= 0.6 is 0 Å². The number of hydrogen-bond donors (Lipinski definition) is 0. The molecule has 0 N–H and O–H groups in total. The number of nitrogens with zero attached hydrogens (tertiary/aromatic N) is 1. The first-order valence-electron chi connectivity index (χ1n) is 8.48. The number of benzene rings is 3. The van der Waals surface area contributed by atoms with Gasteiger partial charge in [-0.2, -0.15) is 0 Å². The number of aromatic nitrogens is 1. The molecule has 0 atom stereocenters.